The third-order valence-corrected chi connectivity index (χ3v) is 4.95. The summed E-state index contributed by atoms with van der Waals surface area (Å²) in [4.78, 5) is 10.8. The summed E-state index contributed by atoms with van der Waals surface area (Å²) < 4.78 is 45.3. The van der Waals surface area contributed by atoms with Crippen molar-refractivity contribution in [3.05, 3.63) is 52.3 Å². The molecule has 0 saturated carbocycles. The highest BCUT2D eigenvalue weighted by Gasteiger charge is 2.19. The van der Waals surface area contributed by atoms with Gasteiger partial charge in [-0.05, 0) is 46.3 Å². The van der Waals surface area contributed by atoms with Crippen molar-refractivity contribution in [2.75, 3.05) is 11.8 Å². The van der Waals surface area contributed by atoms with E-state index in [2.05, 4.69) is 20.7 Å². The fourth-order valence-corrected chi connectivity index (χ4v) is 3.27. The first-order chi connectivity index (χ1) is 10.7. The lowest BCUT2D eigenvalue weighted by Gasteiger charge is -2.10. The third kappa shape index (κ3) is 3.80. The van der Waals surface area contributed by atoms with Crippen molar-refractivity contribution in [2.24, 2.45) is 0 Å². The van der Waals surface area contributed by atoms with Crippen molar-refractivity contribution in [3.63, 3.8) is 0 Å². The number of carboxylic acid groups (broad SMARTS) is 1. The van der Waals surface area contributed by atoms with Crippen molar-refractivity contribution >= 4 is 37.6 Å². The molecule has 0 unspecified atom stereocenters. The number of sulfonamides is 1. The summed E-state index contributed by atoms with van der Waals surface area (Å²) in [6.45, 7) is 0. The van der Waals surface area contributed by atoms with E-state index >= 15 is 0 Å². The average molecular weight is 404 g/mol. The maximum atomic E-state index is 13.6. The molecule has 23 heavy (non-hydrogen) atoms. The van der Waals surface area contributed by atoms with E-state index in [-0.39, 0.29) is 26.4 Å². The number of benzene rings is 2. The van der Waals surface area contributed by atoms with Gasteiger partial charge in [0.15, 0.2) is 11.6 Å². The van der Waals surface area contributed by atoms with Crippen LogP contribution in [0.25, 0.3) is 0 Å². The van der Waals surface area contributed by atoms with E-state index in [0.717, 1.165) is 12.1 Å². The highest BCUT2D eigenvalue weighted by molar-refractivity contribution is 9.10. The van der Waals surface area contributed by atoms with Gasteiger partial charge in [0.1, 0.15) is 0 Å². The Morgan fingerprint density at radius 3 is 2.52 bits per heavy atom. The predicted molar refractivity (Wildman–Crippen MR) is 84.9 cm³/mol. The smallest absolute Gasteiger partial charge is 0.336 e. The Morgan fingerprint density at radius 1 is 1.26 bits per heavy atom. The number of carboxylic acids is 1. The largest absolute Gasteiger partial charge is 0.494 e. The van der Waals surface area contributed by atoms with Crippen LogP contribution in [0, 0.1) is 5.82 Å². The van der Waals surface area contributed by atoms with E-state index in [1.807, 2.05) is 0 Å². The number of rotatable bonds is 5. The molecule has 2 rings (SSSR count). The average Bonchev–Trinajstić information content (AvgIpc) is 2.47. The Labute approximate surface area is 140 Å². The molecule has 0 saturated heterocycles. The topological polar surface area (TPSA) is 92.7 Å². The molecule has 0 spiro atoms. The van der Waals surface area contributed by atoms with E-state index in [9.17, 15) is 17.6 Å². The number of carbonyl (C=O) groups is 1. The number of aromatic carboxylic acids is 1. The summed E-state index contributed by atoms with van der Waals surface area (Å²) in [5.41, 5.74) is -0.211. The normalized spacial score (nSPS) is 11.1. The van der Waals surface area contributed by atoms with Gasteiger partial charge >= 0.3 is 5.97 Å². The molecule has 2 aromatic carbocycles. The zero-order valence-corrected chi connectivity index (χ0v) is 14.1. The Kier molecular flexibility index (Phi) is 4.90. The highest BCUT2D eigenvalue weighted by atomic mass is 79.9. The fourth-order valence-electron chi connectivity index (χ4n) is 1.78. The third-order valence-electron chi connectivity index (χ3n) is 2.88. The van der Waals surface area contributed by atoms with Crippen LogP contribution in [-0.2, 0) is 10.0 Å². The number of hydrogen-bond acceptors (Lipinski definition) is 4. The van der Waals surface area contributed by atoms with Crippen LogP contribution in [0.1, 0.15) is 10.4 Å². The van der Waals surface area contributed by atoms with Crippen molar-refractivity contribution in [3.8, 4) is 5.75 Å². The van der Waals surface area contributed by atoms with E-state index < -0.39 is 21.8 Å². The molecule has 0 aliphatic rings. The molecule has 0 radical (unpaired) electrons. The van der Waals surface area contributed by atoms with E-state index in [1.54, 1.807) is 0 Å². The maximum Gasteiger partial charge on any atom is 0.336 e. The Bertz CT molecular complexity index is 869. The Morgan fingerprint density at radius 2 is 1.96 bits per heavy atom. The van der Waals surface area contributed by atoms with Crippen LogP contribution in [0.5, 0.6) is 5.75 Å². The molecule has 0 aromatic heterocycles. The van der Waals surface area contributed by atoms with Crippen LogP contribution in [0.2, 0.25) is 0 Å². The molecule has 0 amide bonds. The second kappa shape index (κ2) is 6.55. The van der Waals surface area contributed by atoms with E-state index in [4.69, 9.17) is 9.84 Å². The van der Waals surface area contributed by atoms with Crippen LogP contribution in [-0.4, -0.2) is 26.6 Å². The zero-order chi connectivity index (χ0) is 17.2. The lowest BCUT2D eigenvalue weighted by atomic mass is 10.2. The van der Waals surface area contributed by atoms with Gasteiger partial charge in [-0.25, -0.2) is 17.6 Å². The number of anilines is 1. The second-order valence-electron chi connectivity index (χ2n) is 4.40. The summed E-state index contributed by atoms with van der Waals surface area (Å²) in [6.07, 6.45) is 0. The molecule has 2 N–H and O–H groups in total. The lowest BCUT2D eigenvalue weighted by Crippen LogP contribution is -2.14. The SMILES string of the molecule is COc1ccc(NS(=O)(=O)c2ccc(Br)c(C(=O)O)c2)cc1F. The number of nitrogens with one attached hydrogen (secondary N) is 1. The highest BCUT2D eigenvalue weighted by Crippen LogP contribution is 2.25. The van der Waals surface area contributed by atoms with Crippen molar-refractivity contribution < 1.29 is 27.4 Å². The molecule has 0 fully saturated rings. The monoisotopic (exact) mass is 403 g/mol. The standard InChI is InChI=1S/C14H11BrFNO5S/c1-22-13-5-2-8(6-12(13)16)17-23(20,21)9-3-4-11(15)10(7-9)14(18)19/h2-7,17H,1H3,(H,18,19). The predicted octanol–water partition coefficient (Wildman–Crippen LogP) is 3.10. The van der Waals surface area contributed by atoms with Crippen LogP contribution in [0.3, 0.4) is 0 Å². The first-order valence-corrected chi connectivity index (χ1v) is 8.41. The zero-order valence-electron chi connectivity index (χ0n) is 11.7. The van der Waals surface area contributed by atoms with Crippen molar-refractivity contribution in [1.29, 1.82) is 0 Å². The Balaban J connectivity index is 2.37. The summed E-state index contributed by atoms with van der Waals surface area (Å²) in [5.74, 6) is -2.02. The van der Waals surface area contributed by atoms with Gasteiger partial charge in [-0.3, -0.25) is 4.72 Å². The molecular formula is C14H11BrFNO5S. The number of hydrogen-bond donors (Lipinski definition) is 2. The van der Waals surface area contributed by atoms with Crippen LogP contribution >= 0.6 is 15.9 Å². The van der Waals surface area contributed by atoms with Crippen LogP contribution in [0.15, 0.2) is 45.8 Å². The molecule has 122 valence electrons. The van der Waals surface area contributed by atoms with Gasteiger partial charge < -0.3 is 9.84 Å². The molecular weight excluding hydrogens is 393 g/mol. The molecule has 0 atom stereocenters. The minimum absolute atomic E-state index is 0.0110. The summed E-state index contributed by atoms with van der Waals surface area (Å²) in [6, 6.07) is 7.13. The molecule has 2 aromatic rings. The van der Waals surface area contributed by atoms with Gasteiger partial charge in [0.25, 0.3) is 10.0 Å². The molecule has 0 aliphatic carbocycles. The minimum Gasteiger partial charge on any atom is -0.494 e. The Hall–Kier alpha value is -2.13. The van der Waals surface area contributed by atoms with Gasteiger partial charge in [-0.15, -0.1) is 0 Å². The number of halogens is 2. The molecule has 6 nitrogen and oxygen atoms in total. The minimum atomic E-state index is -4.06. The van der Waals surface area contributed by atoms with Gasteiger partial charge in [-0.1, -0.05) is 0 Å². The molecule has 0 bridgehead atoms. The van der Waals surface area contributed by atoms with Gasteiger partial charge in [-0.2, -0.15) is 0 Å². The molecule has 0 aliphatic heterocycles. The fraction of sp³-hybridized carbons (Fsp3) is 0.0714. The quantitative estimate of drug-likeness (QED) is 0.799. The summed E-state index contributed by atoms with van der Waals surface area (Å²) in [7, 11) is -2.77. The van der Waals surface area contributed by atoms with Gasteiger partial charge in [0.2, 0.25) is 0 Å². The van der Waals surface area contributed by atoms with Gasteiger partial charge in [0.05, 0.1) is 23.3 Å². The number of methoxy groups -OCH3 is 1. The second-order valence-corrected chi connectivity index (χ2v) is 6.94. The van der Waals surface area contributed by atoms with Crippen molar-refractivity contribution in [1.82, 2.24) is 0 Å². The van der Waals surface area contributed by atoms with Crippen LogP contribution in [0.4, 0.5) is 10.1 Å². The first kappa shape index (κ1) is 17.2. The maximum absolute atomic E-state index is 13.6. The first-order valence-electron chi connectivity index (χ1n) is 6.14. The van der Waals surface area contributed by atoms with Crippen molar-refractivity contribution in [2.45, 2.75) is 4.90 Å². The van der Waals surface area contributed by atoms with E-state index in [0.29, 0.717) is 0 Å². The summed E-state index contributed by atoms with van der Waals surface area (Å²) in [5, 5.41) is 9.03. The van der Waals surface area contributed by atoms with E-state index in [1.165, 1.54) is 31.4 Å². The molecule has 0 heterocycles. The van der Waals surface area contributed by atoms with Gasteiger partial charge in [0, 0.05) is 10.5 Å². The van der Waals surface area contributed by atoms with Crippen LogP contribution < -0.4 is 9.46 Å². The molecule has 9 heteroatoms. The number of ether oxygens (including phenoxy) is 1. The lowest BCUT2D eigenvalue weighted by molar-refractivity contribution is 0.0695. The summed E-state index contributed by atoms with van der Waals surface area (Å²) >= 11 is 3.03.